The lowest BCUT2D eigenvalue weighted by molar-refractivity contribution is -0.131. The normalized spacial score (nSPS) is 19.7. The van der Waals surface area contributed by atoms with E-state index >= 15 is 0 Å². The van der Waals surface area contributed by atoms with Crippen LogP contribution in [0, 0.1) is 6.92 Å². The van der Waals surface area contributed by atoms with Crippen LogP contribution in [0.5, 0.6) is 0 Å². The van der Waals surface area contributed by atoms with Crippen molar-refractivity contribution in [3.63, 3.8) is 0 Å². The van der Waals surface area contributed by atoms with Gasteiger partial charge in [-0.1, -0.05) is 61.5 Å². The van der Waals surface area contributed by atoms with Crippen LogP contribution >= 0.6 is 0 Å². The first-order valence-corrected chi connectivity index (χ1v) is 12.4. The Morgan fingerprint density at radius 3 is 2.51 bits per heavy atom. The number of fused-ring (bicyclic) bond motifs is 1. The fraction of sp³-hybridized carbons (Fsp3) is 0.300. The number of allylic oxidation sites excluding steroid dienone is 1. The van der Waals surface area contributed by atoms with E-state index in [-0.39, 0.29) is 30.1 Å². The highest BCUT2D eigenvalue weighted by molar-refractivity contribution is 6.37. The van der Waals surface area contributed by atoms with Crippen LogP contribution in [0.2, 0.25) is 0 Å². The number of para-hydroxylation sites is 1. The molecule has 7 nitrogen and oxygen atoms in total. The quantitative estimate of drug-likeness (QED) is 0.303. The first kappa shape index (κ1) is 25.9. The van der Waals surface area contributed by atoms with Gasteiger partial charge in [0.05, 0.1) is 11.1 Å². The van der Waals surface area contributed by atoms with Crippen LogP contribution in [0.3, 0.4) is 0 Å². The minimum absolute atomic E-state index is 0.0934. The molecule has 2 aromatic carbocycles. The van der Waals surface area contributed by atoms with Crippen molar-refractivity contribution in [3.8, 4) is 0 Å². The molecular weight excluding hydrogens is 464 g/mol. The number of rotatable bonds is 5. The largest absolute Gasteiger partial charge is 0.461 e. The van der Waals surface area contributed by atoms with Gasteiger partial charge in [0.1, 0.15) is 11.3 Å². The summed E-state index contributed by atoms with van der Waals surface area (Å²) >= 11 is 0. The third kappa shape index (κ3) is 5.07. The molecule has 7 heteroatoms. The molecule has 4 rings (SSSR count). The number of nitrogens with zero attached hydrogens (tertiary/aromatic N) is 3. The van der Waals surface area contributed by atoms with Crippen LogP contribution in [0.25, 0.3) is 11.0 Å². The summed E-state index contributed by atoms with van der Waals surface area (Å²) in [5.74, 6) is 0.120. The van der Waals surface area contributed by atoms with E-state index in [0.717, 1.165) is 16.5 Å². The van der Waals surface area contributed by atoms with Crippen molar-refractivity contribution in [1.82, 2.24) is 9.80 Å². The van der Waals surface area contributed by atoms with Crippen LogP contribution in [0.15, 0.2) is 88.4 Å². The summed E-state index contributed by atoms with van der Waals surface area (Å²) in [5.41, 5.74) is 8.73. The van der Waals surface area contributed by atoms with Crippen LogP contribution in [-0.2, 0) is 4.79 Å². The van der Waals surface area contributed by atoms with E-state index in [4.69, 9.17) is 10.2 Å². The molecule has 1 aliphatic rings. The Hall–Kier alpha value is -4.13. The summed E-state index contributed by atoms with van der Waals surface area (Å²) in [6.07, 6.45) is 3.35. The minimum atomic E-state index is -0.811. The van der Waals surface area contributed by atoms with Gasteiger partial charge < -0.3 is 20.0 Å². The number of hydrogen-bond acceptors (Lipinski definition) is 4. The van der Waals surface area contributed by atoms with Gasteiger partial charge in [0.15, 0.2) is 5.84 Å². The zero-order valence-corrected chi connectivity index (χ0v) is 21.9. The molecule has 37 heavy (non-hydrogen) atoms. The number of aliphatic imine (C=N–C) groups is 1. The number of hydrogen-bond donors (Lipinski definition) is 1. The average molecular weight is 499 g/mol. The van der Waals surface area contributed by atoms with Crippen LogP contribution < -0.4 is 5.73 Å². The number of aryl methyl sites for hydroxylation is 1. The lowest BCUT2D eigenvalue weighted by atomic mass is 9.94. The van der Waals surface area contributed by atoms with Gasteiger partial charge >= 0.3 is 0 Å². The van der Waals surface area contributed by atoms with Crippen LogP contribution in [-0.4, -0.2) is 52.6 Å². The van der Waals surface area contributed by atoms with Crippen LogP contribution in [0.4, 0.5) is 0 Å². The molecule has 2 N–H and O–H groups in total. The molecule has 1 aliphatic heterocycles. The van der Waals surface area contributed by atoms with E-state index in [1.165, 1.54) is 0 Å². The van der Waals surface area contributed by atoms with Gasteiger partial charge in [0, 0.05) is 37.1 Å². The Bertz CT molecular complexity index is 1390. The summed E-state index contributed by atoms with van der Waals surface area (Å²) in [7, 11) is 0. The van der Waals surface area contributed by atoms with Gasteiger partial charge in [0.25, 0.3) is 11.8 Å². The van der Waals surface area contributed by atoms with Gasteiger partial charge in [0.2, 0.25) is 0 Å². The Kier molecular flexibility index (Phi) is 7.34. The molecular formula is C30H34N4O3. The molecule has 2 heterocycles. The number of piperazine rings is 1. The van der Waals surface area contributed by atoms with Crippen LogP contribution in [0.1, 0.15) is 48.4 Å². The first-order chi connectivity index (χ1) is 17.7. The van der Waals surface area contributed by atoms with E-state index in [2.05, 4.69) is 30.6 Å². The van der Waals surface area contributed by atoms with Crippen molar-refractivity contribution in [1.29, 1.82) is 0 Å². The average Bonchev–Trinajstić information content (AvgIpc) is 3.26. The molecule has 2 amide bonds. The Morgan fingerprint density at radius 2 is 1.81 bits per heavy atom. The van der Waals surface area contributed by atoms with E-state index in [9.17, 15) is 9.59 Å². The number of benzene rings is 2. The second-order valence-electron chi connectivity index (χ2n) is 9.79. The molecule has 0 spiro atoms. The maximum absolute atomic E-state index is 13.5. The molecule has 0 saturated carbocycles. The monoisotopic (exact) mass is 498 g/mol. The predicted octanol–water partition coefficient (Wildman–Crippen LogP) is 5.04. The number of carbonyl (C=O) groups is 2. The van der Waals surface area contributed by atoms with E-state index in [1.54, 1.807) is 29.0 Å². The highest BCUT2D eigenvalue weighted by Crippen LogP contribution is 2.30. The molecule has 0 radical (unpaired) electrons. The SMILES string of the molecule is C=CC1(C)CN(C(=O)c2c(C)oc3ccccc23)CCN1C(=O)C(N)=N/C=C(\C)C(C)c1ccccc1. The molecule has 1 fully saturated rings. The number of amides is 2. The van der Waals surface area contributed by atoms with Gasteiger partial charge in [-0.2, -0.15) is 0 Å². The van der Waals surface area contributed by atoms with Gasteiger partial charge in [-0.3, -0.25) is 9.59 Å². The Labute approximate surface area is 217 Å². The molecule has 3 aromatic rings. The Morgan fingerprint density at radius 1 is 1.14 bits per heavy atom. The van der Waals surface area contributed by atoms with Gasteiger partial charge in [-0.15, -0.1) is 6.58 Å². The van der Waals surface area contributed by atoms with E-state index in [0.29, 0.717) is 30.0 Å². The number of nitrogens with two attached hydrogens (primary N) is 1. The maximum atomic E-state index is 13.5. The molecule has 2 unspecified atom stereocenters. The fourth-order valence-electron chi connectivity index (χ4n) is 4.78. The smallest absolute Gasteiger partial charge is 0.289 e. The maximum Gasteiger partial charge on any atom is 0.289 e. The molecule has 1 aromatic heterocycles. The highest BCUT2D eigenvalue weighted by atomic mass is 16.3. The topological polar surface area (TPSA) is 92.1 Å². The fourth-order valence-corrected chi connectivity index (χ4v) is 4.78. The lowest BCUT2D eigenvalue weighted by Gasteiger charge is -2.47. The van der Waals surface area contributed by atoms with Crippen molar-refractivity contribution in [2.75, 3.05) is 19.6 Å². The zero-order valence-electron chi connectivity index (χ0n) is 21.9. The molecule has 0 bridgehead atoms. The van der Waals surface area contributed by atoms with Crippen molar-refractivity contribution in [3.05, 3.63) is 95.9 Å². The number of carbonyl (C=O) groups excluding carboxylic acids is 2. The zero-order chi connectivity index (χ0) is 26.7. The summed E-state index contributed by atoms with van der Waals surface area (Å²) in [6, 6.07) is 17.6. The van der Waals surface area contributed by atoms with Gasteiger partial charge in [-0.25, -0.2) is 4.99 Å². The number of amidine groups is 1. The predicted molar refractivity (Wildman–Crippen MR) is 147 cm³/mol. The van der Waals surface area contributed by atoms with Gasteiger partial charge in [-0.05, 0) is 38.0 Å². The second kappa shape index (κ2) is 10.5. The highest BCUT2D eigenvalue weighted by Gasteiger charge is 2.41. The molecule has 1 saturated heterocycles. The summed E-state index contributed by atoms with van der Waals surface area (Å²) in [6.45, 7) is 12.6. The summed E-state index contributed by atoms with van der Waals surface area (Å²) in [4.78, 5) is 34.6. The second-order valence-corrected chi connectivity index (χ2v) is 9.79. The van der Waals surface area contributed by atoms with E-state index < -0.39 is 5.54 Å². The minimum Gasteiger partial charge on any atom is -0.461 e. The third-order valence-electron chi connectivity index (χ3n) is 7.29. The van der Waals surface area contributed by atoms with E-state index in [1.807, 2.05) is 56.3 Å². The van der Waals surface area contributed by atoms with Crippen molar-refractivity contribution in [2.24, 2.45) is 10.7 Å². The first-order valence-electron chi connectivity index (χ1n) is 12.4. The third-order valence-corrected chi connectivity index (χ3v) is 7.29. The molecule has 0 aliphatic carbocycles. The standard InChI is InChI=1S/C30H34N4O3/c1-6-30(5)19-33(28(35)26-22(4)37-25-15-11-10-14-24(25)26)16-17-34(30)29(36)27(31)32-18-20(2)21(3)23-12-8-7-9-13-23/h6-15,18,21H,1,16-17,19H2,2-5H3,(H2,31,32)/b20-18+. The van der Waals surface area contributed by atoms with Crippen molar-refractivity contribution < 1.29 is 14.0 Å². The molecule has 2 atom stereocenters. The van der Waals surface area contributed by atoms with Crippen molar-refractivity contribution >= 4 is 28.6 Å². The molecule has 192 valence electrons. The summed E-state index contributed by atoms with van der Waals surface area (Å²) < 4.78 is 5.80. The summed E-state index contributed by atoms with van der Waals surface area (Å²) in [5, 5.41) is 0.784. The Balaban J connectivity index is 1.51. The van der Waals surface area contributed by atoms with Crippen molar-refractivity contribution in [2.45, 2.75) is 39.2 Å². The number of furan rings is 1. The lowest BCUT2D eigenvalue weighted by Crippen LogP contribution is -2.64.